The molecular formula is C13H12ClNO5. The maximum atomic E-state index is 11.5. The maximum Gasteiger partial charge on any atom is 0.326 e. The lowest BCUT2D eigenvalue weighted by Gasteiger charge is -2.10. The summed E-state index contributed by atoms with van der Waals surface area (Å²) in [6.45, 7) is 0. The molecule has 3 N–H and O–H groups in total. The van der Waals surface area contributed by atoms with E-state index in [9.17, 15) is 14.4 Å². The first-order valence-corrected chi connectivity index (χ1v) is 5.95. The number of amides is 1. The molecule has 0 spiro atoms. The molecule has 20 heavy (non-hydrogen) atoms. The number of rotatable bonds is 6. The molecule has 0 unspecified atom stereocenters. The van der Waals surface area contributed by atoms with Gasteiger partial charge < -0.3 is 15.5 Å². The van der Waals surface area contributed by atoms with Crippen LogP contribution in [0, 0.1) is 0 Å². The minimum absolute atomic E-state index is 0.502. The van der Waals surface area contributed by atoms with Gasteiger partial charge in [0.1, 0.15) is 6.04 Å². The van der Waals surface area contributed by atoms with Crippen LogP contribution in [0.15, 0.2) is 30.3 Å². The molecular weight excluding hydrogens is 286 g/mol. The van der Waals surface area contributed by atoms with Crippen molar-refractivity contribution in [3.63, 3.8) is 0 Å². The molecule has 0 saturated heterocycles. The largest absolute Gasteiger partial charge is 0.481 e. The van der Waals surface area contributed by atoms with Gasteiger partial charge in [-0.1, -0.05) is 23.7 Å². The maximum absolute atomic E-state index is 11.5. The molecule has 1 atom stereocenters. The van der Waals surface area contributed by atoms with Gasteiger partial charge in [-0.3, -0.25) is 9.59 Å². The summed E-state index contributed by atoms with van der Waals surface area (Å²) in [6.07, 6.45) is 1.87. The zero-order valence-electron chi connectivity index (χ0n) is 10.2. The van der Waals surface area contributed by atoms with Gasteiger partial charge in [-0.15, -0.1) is 0 Å². The van der Waals surface area contributed by atoms with Crippen molar-refractivity contribution in [2.24, 2.45) is 0 Å². The Morgan fingerprint density at radius 2 is 2.00 bits per heavy atom. The highest BCUT2D eigenvalue weighted by Crippen LogP contribution is 2.11. The molecule has 0 saturated carbocycles. The fourth-order valence-electron chi connectivity index (χ4n) is 1.38. The van der Waals surface area contributed by atoms with Crippen LogP contribution in [0.4, 0.5) is 0 Å². The number of benzene rings is 1. The van der Waals surface area contributed by atoms with Crippen molar-refractivity contribution in [2.45, 2.75) is 12.5 Å². The molecule has 0 aliphatic carbocycles. The van der Waals surface area contributed by atoms with Crippen LogP contribution in [-0.4, -0.2) is 34.1 Å². The van der Waals surface area contributed by atoms with Gasteiger partial charge in [0.2, 0.25) is 5.91 Å². The summed E-state index contributed by atoms with van der Waals surface area (Å²) >= 11 is 5.77. The second-order valence-corrected chi connectivity index (χ2v) is 4.32. The number of carbonyl (C=O) groups excluding carboxylic acids is 1. The Balaban J connectivity index is 2.66. The van der Waals surface area contributed by atoms with Crippen molar-refractivity contribution in [1.82, 2.24) is 5.32 Å². The monoisotopic (exact) mass is 297 g/mol. The number of carbonyl (C=O) groups is 3. The van der Waals surface area contributed by atoms with Gasteiger partial charge in [0, 0.05) is 11.1 Å². The van der Waals surface area contributed by atoms with Crippen LogP contribution >= 0.6 is 11.6 Å². The highest BCUT2D eigenvalue weighted by molar-refractivity contribution is 6.30. The summed E-state index contributed by atoms with van der Waals surface area (Å²) in [4.78, 5) is 32.7. The summed E-state index contributed by atoms with van der Waals surface area (Å²) in [5.41, 5.74) is 0.665. The number of hydrogen-bond acceptors (Lipinski definition) is 3. The molecule has 6 nitrogen and oxygen atoms in total. The smallest absolute Gasteiger partial charge is 0.326 e. The van der Waals surface area contributed by atoms with Gasteiger partial charge in [0.25, 0.3) is 0 Å². The molecule has 1 amide bonds. The SMILES string of the molecule is O=C(O)C[C@H](NC(=O)/C=C/c1cccc(Cl)c1)C(=O)O. The number of carboxylic acids is 2. The third kappa shape index (κ3) is 5.53. The van der Waals surface area contributed by atoms with E-state index in [4.69, 9.17) is 21.8 Å². The highest BCUT2D eigenvalue weighted by Gasteiger charge is 2.21. The van der Waals surface area contributed by atoms with E-state index in [-0.39, 0.29) is 0 Å². The minimum atomic E-state index is -1.47. The van der Waals surface area contributed by atoms with Gasteiger partial charge in [0.05, 0.1) is 6.42 Å². The van der Waals surface area contributed by atoms with Crippen molar-refractivity contribution >= 4 is 35.5 Å². The molecule has 106 valence electrons. The third-order valence-corrected chi connectivity index (χ3v) is 2.50. The van der Waals surface area contributed by atoms with E-state index in [0.717, 1.165) is 6.08 Å². The van der Waals surface area contributed by atoms with Crippen molar-refractivity contribution in [3.8, 4) is 0 Å². The fraction of sp³-hybridized carbons (Fsp3) is 0.154. The van der Waals surface area contributed by atoms with Crippen molar-refractivity contribution in [2.75, 3.05) is 0 Å². The van der Waals surface area contributed by atoms with Crippen molar-refractivity contribution < 1.29 is 24.6 Å². The van der Waals surface area contributed by atoms with Crippen LogP contribution in [0.3, 0.4) is 0 Å². The van der Waals surface area contributed by atoms with Gasteiger partial charge >= 0.3 is 11.9 Å². The predicted molar refractivity (Wildman–Crippen MR) is 72.3 cm³/mol. The Hall–Kier alpha value is -2.34. The Kier molecular flexibility index (Phi) is 5.74. The van der Waals surface area contributed by atoms with Crippen LogP contribution in [0.1, 0.15) is 12.0 Å². The molecule has 0 heterocycles. The number of aliphatic carboxylic acids is 2. The molecule has 0 bridgehead atoms. The lowest BCUT2D eigenvalue weighted by molar-refractivity contribution is -0.146. The average molecular weight is 298 g/mol. The molecule has 1 aromatic carbocycles. The molecule has 1 rings (SSSR count). The predicted octanol–water partition coefficient (Wildman–Crippen LogP) is 1.40. The summed E-state index contributed by atoms with van der Waals surface area (Å²) in [7, 11) is 0. The van der Waals surface area contributed by atoms with Gasteiger partial charge in [-0.25, -0.2) is 4.79 Å². The Bertz CT molecular complexity index is 555. The molecule has 0 aliphatic heterocycles. The number of carboxylic acid groups (broad SMARTS) is 2. The van der Waals surface area contributed by atoms with Crippen LogP contribution in [0.2, 0.25) is 5.02 Å². The lowest BCUT2D eigenvalue weighted by Crippen LogP contribution is -2.41. The first kappa shape index (κ1) is 15.7. The minimum Gasteiger partial charge on any atom is -0.481 e. The second kappa shape index (κ2) is 7.30. The second-order valence-electron chi connectivity index (χ2n) is 3.89. The first-order valence-electron chi connectivity index (χ1n) is 5.57. The summed E-state index contributed by atoms with van der Waals surface area (Å²) in [5, 5.41) is 19.9. The van der Waals surface area contributed by atoms with E-state index in [1.54, 1.807) is 24.3 Å². The van der Waals surface area contributed by atoms with E-state index in [2.05, 4.69) is 5.32 Å². The summed E-state index contributed by atoms with van der Waals surface area (Å²) < 4.78 is 0. The molecule has 0 radical (unpaired) electrons. The molecule has 0 aliphatic rings. The normalized spacial score (nSPS) is 12.1. The van der Waals surface area contributed by atoms with Crippen LogP contribution in [0.5, 0.6) is 0 Å². The zero-order valence-corrected chi connectivity index (χ0v) is 11.0. The summed E-state index contributed by atoms with van der Waals surface area (Å²) in [5.74, 6) is -3.41. The zero-order chi connectivity index (χ0) is 15.1. The Morgan fingerprint density at radius 1 is 1.30 bits per heavy atom. The van der Waals surface area contributed by atoms with Gasteiger partial charge in [-0.05, 0) is 23.8 Å². The quantitative estimate of drug-likeness (QED) is 0.689. The summed E-state index contributed by atoms with van der Waals surface area (Å²) in [6, 6.07) is 5.24. The van der Waals surface area contributed by atoms with Crippen LogP contribution in [0.25, 0.3) is 6.08 Å². The fourth-order valence-corrected chi connectivity index (χ4v) is 1.58. The molecule has 0 fully saturated rings. The standard InChI is InChI=1S/C13H12ClNO5/c14-9-3-1-2-8(6-9)4-5-11(16)15-10(13(19)20)7-12(17)18/h1-6,10H,7H2,(H,15,16)(H,17,18)(H,19,20)/b5-4+/t10-/m0/s1. The Morgan fingerprint density at radius 3 is 2.55 bits per heavy atom. The average Bonchev–Trinajstić information content (AvgIpc) is 2.35. The third-order valence-electron chi connectivity index (χ3n) is 2.27. The van der Waals surface area contributed by atoms with Crippen LogP contribution < -0.4 is 5.32 Å². The lowest BCUT2D eigenvalue weighted by atomic mass is 10.2. The molecule has 7 heteroatoms. The van der Waals surface area contributed by atoms with Gasteiger partial charge in [0.15, 0.2) is 0 Å². The molecule has 0 aromatic heterocycles. The number of nitrogens with one attached hydrogen (secondary N) is 1. The van der Waals surface area contributed by atoms with E-state index in [0.29, 0.717) is 10.6 Å². The van der Waals surface area contributed by atoms with Gasteiger partial charge in [-0.2, -0.15) is 0 Å². The van der Waals surface area contributed by atoms with E-state index < -0.39 is 30.3 Å². The van der Waals surface area contributed by atoms with Crippen molar-refractivity contribution in [1.29, 1.82) is 0 Å². The first-order chi connectivity index (χ1) is 9.38. The number of halogens is 1. The number of hydrogen-bond donors (Lipinski definition) is 3. The van der Waals surface area contributed by atoms with Crippen molar-refractivity contribution in [3.05, 3.63) is 40.9 Å². The highest BCUT2D eigenvalue weighted by atomic mass is 35.5. The molecule has 1 aromatic rings. The van der Waals surface area contributed by atoms with Crippen LogP contribution in [-0.2, 0) is 14.4 Å². The van der Waals surface area contributed by atoms with E-state index in [1.807, 2.05) is 0 Å². The Labute approximate surface area is 119 Å². The topological polar surface area (TPSA) is 104 Å². The van der Waals surface area contributed by atoms with E-state index >= 15 is 0 Å². The van der Waals surface area contributed by atoms with E-state index in [1.165, 1.54) is 6.08 Å².